The molecule has 0 aliphatic carbocycles. The Bertz CT molecular complexity index is 1090. The average Bonchev–Trinajstić information content (AvgIpc) is 3.28. The molecule has 0 saturated heterocycles. The van der Waals surface area contributed by atoms with Crippen LogP contribution < -0.4 is 5.32 Å². The second-order valence-corrected chi connectivity index (χ2v) is 12.1. The van der Waals surface area contributed by atoms with Gasteiger partial charge in [-0.2, -0.15) is 4.31 Å². The van der Waals surface area contributed by atoms with Gasteiger partial charge in [0.05, 0.1) is 21.5 Å². The van der Waals surface area contributed by atoms with Crippen molar-refractivity contribution < 1.29 is 13.2 Å². The molecule has 0 fully saturated rings. The number of carbonyl (C=O) groups excluding carboxylic acids is 1. The van der Waals surface area contributed by atoms with Gasteiger partial charge in [-0.1, -0.05) is 45.1 Å². The number of nitrogens with one attached hydrogen (secondary N) is 1. The van der Waals surface area contributed by atoms with Gasteiger partial charge in [0.2, 0.25) is 15.9 Å². The molecule has 3 aromatic rings. The lowest BCUT2D eigenvalue weighted by Crippen LogP contribution is -2.37. The van der Waals surface area contributed by atoms with Crippen LogP contribution >= 0.6 is 22.7 Å². The SMILES string of the molecule is CC(C)CN(CC(C)C)S(=O)(=O)c1ccc2nc(NC(=O)Cc3cccs3)sc2c1. The van der Waals surface area contributed by atoms with E-state index >= 15 is 0 Å². The lowest BCUT2D eigenvalue weighted by molar-refractivity contribution is -0.115. The lowest BCUT2D eigenvalue weighted by Gasteiger charge is -2.25. The number of hydrogen-bond acceptors (Lipinski definition) is 6. The third kappa shape index (κ3) is 5.66. The molecule has 0 bridgehead atoms. The Balaban J connectivity index is 1.82. The Kier molecular flexibility index (Phi) is 7.28. The van der Waals surface area contributed by atoms with Gasteiger partial charge in [0.25, 0.3) is 0 Å². The Labute approximate surface area is 186 Å². The van der Waals surface area contributed by atoms with Gasteiger partial charge in [0.15, 0.2) is 5.13 Å². The second-order valence-electron chi connectivity index (χ2n) is 8.06. The zero-order chi connectivity index (χ0) is 21.9. The molecule has 30 heavy (non-hydrogen) atoms. The van der Waals surface area contributed by atoms with Crippen LogP contribution in [0, 0.1) is 11.8 Å². The summed E-state index contributed by atoms with van der Waals surface area (Å²) >= 11 is 2.82. The molecular formula is C21H27N3O3S3. The zero-order valence-electron chi connectivity index (χ0n) is 17.6. The van der Waals surface area contributed by atoms with Crippen molar-refractivity contribution in [2.24, 2.45) is 11.8 Å². The van der Waals surface area contributed by atoms with E-state index in [4.69, 9.17) is 0 Å². The normalized spacial score (nSPS) is 12.4. The Hall–Kier alpha value is -1.81. The largest absolute Gasteiger partial charge is 0.302 e. The topological polar surface area (TPSA) is 79.4 Å². The number of carbonyl (C=O) groups is 1. The predicted molar refractivity (Wildman–Crippen MR) is 125 cm³/mol. The van der Waals surface area contributed by atoms with E-state index in [0.717, 1.165) is 9.58 Å². The Morgan fingerprint density at radius 1 is 1.13 bits per heavy atom. The predicted octanol–water partition coefficient (Wildman–Crippen LogP) is 4.84. The molecule has 0 unspecified atom stereocenters. The second kappa shape index (κ2) is 9.55. The summed E-state index contributed by atoms with van der Waals surface area (Å²) in [6.07, 6.45) is 0.298. The third-order valence-corrected chi connectivity index (χ3v) is 7.93. The molecular weight excluding hydrogens is 438 g/mol. The van der Waals surface area contributed by atoms with Crippen LogP contribution in [-0.4, -0.2) is 36.7 Å². The third-order valence-electron chi connectivity index (χ3n) is 4.30. The molecule has 0 aliphatic rings. The highest BCUT2D eigenvalue weighted by Gasteiger charge is 2.26. The quantitative estimate of drug-likeness (QED) is 0.490. The van der Waals surface area contributed by atoms with Crippen LogP contribution in [0.5, 0.6) is 0 Å². The highest BCUT2D eigenvalue weighted by atomic mass is 32.2. The van der Waals surface area contributed by atoms with E-state index in [9.17, 15) is 13.2 Å². The molecule has 3 rings (SSSR count). The van der Waals surface area contributed by atoms with E-state index in [1.165, 1.54) is 22.7 Å². The molecule has 1 aromatic carbocycles. The number of benzene rings is 1. The van der Waals surface area contributed by atoms with Crippen molar-refractivity contribution in [3.63, 3.8) is 0 Å². The summed E-state index contributed by atoms with van der Waals surface area (Å²) in [5.74, 6) is 0.330. The van der Waals surface area contributed by atoms with Crippen molar-refractivity contribution in [1.82, 2.24) is 9.29 Å². The van der Waals surface area contributed by atoms with Gasteiger partial charge in [0.1, 0.15) is 0 Å². The summed E-state index contributed by atoms with van der Waals surface area (Å²) in [5, 5.41) is 5.23. The fourth-order valence-electron chi connectivity index (χ4n) is 3.09. The van der Waals surface area contributed by atoms with Gasteiger partial charge in [0, 0.05) is 18.0 Å². The fourth-order valence-corrected chi connectivity index (χ4v) is 6.58. The minimum Gasteiger partial charge on any atom is -0.302 e. The van der Waals surface area contributed by atoms with Gasteiger partial charge in [-0.25, -0.2) is 13.4 Å². The first-order valence-electron chi connectivity index (χ1n) is 9.88. The summed E-state index contributed by atoms with van der Waals surface area (Å²) in [4.78, 5) is 17.9. The number of nitrogens with zero attached hydrogens (tertiary/aromatic N) is 2. The van der Waals surface area contributed by atoms with Gasteiger partial charge < -0.3 is 5.32 Å². The van der Waals surface area contributed by atoms with Crippen molar-refractivity contribution in [3.05, 3.63) is 40.6 Å². The molecule has 2 aromatic heterocycles. The van der Waals surface area contributed by atoms with Crippen LogP contribution in [0.25, 0.3) is 10.2 Å². The maximum absolute atomic E-state index is 13.3. The summed E-state index contributed by atoms with van der Waals surface area (Å²) < 4.78 is 28.8. The van der Waals surface area contributed by atoms with Gasteiger partial charge in [-0.05, 0) is 41.5 Å². The number of thiophene rings is 1. The van der Waals surface area contributed by atoms with E-state index in [0.29, 0.717) is 30.2 Å². The first-order chi connectivity index (χ1) is 14.1. The Morgan fingerprint density at radius 2 is 1.83 bits per heavy atom. The molecule has 6 nitrogen and oxygen atoms in total. The monoisotopic (exact) mass is 465 g/mol. The molecule has 1 N–H and O–H groups in total. The molecule has 0 atom stereocenters. The standard InChI is InChI=1S/C21H27N3O3S3/c1-14(2)12-24(13-15(3)4)30(26,27)17-7-8-18-19(11-17)29-21(22-18)23-20(25)10-16-6-5-9-28-16/h5-9,11,14-15H,10,12-13H2,1-4H3,(H,22,23,25). The first-order valence-corrected chi connectivity index (χ1v) is 13.0. The average molecular weight is 466 g/mol. The van der Waals surface area contributed by atoms with Crippen LogP contribution in [0.15, 0.2) is 40.6 Å². The van der Waals surface area contributed by atoms with E-state index in [-0.39, 0.29) is 22.6 Å². The van der Waals surface area contributed by atoms with E-state index < -0.39 is 10.0 Å². The number of thiazole rings is 1. The molecule has 162 valence electrons. The van der Waals surface area contributed by atoms with E-state index in [2.05, 4.69) is 10.3 Å². The molecule has 0 saturated carbocycles. The number of anilines is 1. The van der Waals surface area contributed by atoms with Crippen LogP contribution in [0.3, 0.4) is 0 Å². The van der Waals surface area contributed by atoms with Crippen molar-refractivity contribution in [2.75, 3.05) is 18.4 Å². The first kappa shape index (κ1) is 22.9. The lowest BCUT2D eigenvalue weighted by atomic mass is 10.2. The van der Waals surface area contributed by atoms with Crippen molar-refractivity contribution in [1.29, 1.82) is 0 Å². The number of sulfonamides is 1. The number of aromatic nitrogens is 1. The van der Waals surface area contributed by atoms with Gasteiger partial charge >= 0.3 is 0 Å². The minimum atomic E-state index is -3.60. The van der Waals surface area contributed by atoms with E-state index in [1.807, 2.05) is 45.2 Å². The maximum Gasteiger partial charge on any atom is 0.243 e. The molecule has 9 heteroatoms. The molecule has 1 amide bonds. The minimum absolute atomic E-state index is 0.135. The summed E-state index contributed by atoms with van der Waals surface area (Å²) in [7, 11) is -3.60. The summed E-state index contributed by atoms with van der Waals surface area (Å²) in [6.45, 7) is 9.01. The number of rotatable bonds is 9. The zero-order valence-corrected chi connectivity index (χ0v) is 20.0. The summed E-state index contributed by atoms with van der Waals surface area (Å²) in [5.41, 5.74) is 0.671. The van der Waals surface area contributed by atoms with Crippen LogP contribution in [0.1, 0.15) is 32.6 Å². The smallest absolute Gasteiger partial charge is 0.243 e. The van der Waals surface area contributed by atoms with Gasteiger partial charge in [-0.3, -0.25) is 4.79 Å². The van der Waals surface area contributed by atoms with Crippen LogP contribution in [-0.2, 0) is 21.2 Å². The molecule has 0 spiro atoms. The molecule has 0 radical (unpaired) electrons. The Morgan fingerprint density at radius 3 is 2.43 bits per heavy atom. The fraction of sp³-hybridized carbons (Fsp3) is 0.429. The molecule has 2 heterocycles. The van der Waals surface area contributed by atoms with E-state index in [1.54, 1.807) is 22.5 Å². The van der Waals surface area contributed by atoms with Crippen LogP contribution in [0.2, 0.25) is 0 Å². The number of hydrogen-bond donors (Lipinski definition) is 1. The van der Waals surface area contributed by atoms with Crippen molar-refractivity contribution in [2.45, 2.75) is 39.0 Å². The summed E-state index contributed by atoms with van der Waals surface area (Å²) in [6, 6.07) is 8.79. The van der Waals surface area contributed by atoms with Gasteiger partial charge in [-0.15, -0.1) is 11.3 Å². The molecule has 0 aliphatic heterocycles. The van der Waals surface area contributed by atoms with Crippen LogP contribution in [0.4, 0.5) is 5.13 Å². The number of amides is 1. The highest BCUT2D eigenvalue weighted by molar-refractivity contribution is 7.89. The number of fused-ring (bicyclic) bond motifs is 1. The van der Waals surface area contributed by atoms with Crippen molar-refractivity contribution >= 4 is 54.0 Å². The maximum atomic E-state index is 13.3. The highest BCUT2D eigenvalue weighted by Crippen LogP contribution is 2.30. The van der Waals surface area contributed by atoms with Crippen molar-refractivity contribution in [3.8, 4) is 0 Å².